The highest BCUT2D eigenvalue weighted by Gasteiger charge is 2.07. The lowest BCUT2D eigenvalue weighted by Gasteiger charge is -2.13. The van der Waals surface area contributed by atoms with Crippen molar-refractivity contribution in [1.29, 1.82) is 0 Å². The Morgan fingerprint density at radius 1 is 1.17 bits per heavy atom. The zero-order valence-electron chi connectivity index (χ0n) is 9.71. The standard InChI is InChI=1S/C14H14FNO2/c15-11-4-6-13(7-5-11)18-9-14(16)10-2-1-3-12(17)8-10/h1-8,14,17H,9,16H2. The predicted octanol–water partition coefficient (Wildman–Crippen LogP) is 2.61. The van der Waals surface area contributed by atoms with Crippen LogP contribution in [0.4, 0.5) is 4.39 Å². The van der Waals surface area contributed by atoms with Gasteiger partial charge in [-0.25, -0.2) is 4.39 Å². The van der Waals surface area contributed by atoms with Crippen LogP contribution in [-0.2, 0) is 0 Å². The number of halogens is 1. The largest absolute Gasteiger partial charge is 0.508 e. The average molecular weight is 247 g/mol. The molecule has 1 unspecified atom stereocenters. The van der Waals surface area contributed by atoms with E-state index in [4.69, 9.17) is 10.5 Å². The highest BCUT2D eigenvalue weighted by Crippen LogP contribution is 2.18. The van der Waals surface area contributed by atoms with Gasteiger partial charge in [-0.15, -0.1) is 0 Å². The minimum absolute atomic E-state index is 0.171. The van der Waals surface area contributed by atoms with E-state index in [1.165, 1.54) is 12.1 Å². The fourth-order valence-electron chi connectivity index (χ4n) is 1.57. The zero-order valence-corrected chi connectivity index (χ0v) is 9.71. The molecule has 3 nitrogen and oxygen atoms in total. The van der Waals surface area contributed by atoms with E-state index in [0.29, 0.717) is 5.75 Å². The van der Waals surface area contributed by atoms with Crippen LogP contribution in [0.3, 0.4) is 0 Å². The number of hydrogen-bond acceptors (Lipinski definition) is 3. The van der Waals surface area contributed by atoms with Crippen molar-refractivity contribution in [2.75, 3.05) is 6.61 Å². The van der Waals surface area contributed by atoms with Crippen LogP contribution in [0.25, 0.3) is 0 Å². The number of rotatable bonds is 4. The molecule has 0 saturated heterocycles. The van der Waals surface area contributed by atoms with Gasteiger partial charge in [-0.1, -0.05) is 12.1 Å². The number of phenols is 1. The molecule has 0 aliphatic heterocycles. The topological polar surface area (TPSA) is 55.5 Å². The lowest BCUT2D eigenvalue weighted by Crippen LogP contribution is -2.18. The van der Waals surface area contributed by atoms with Gasteiger partial charge in [0.05, 0.1) is 6.04 Å². The van der Waals surface area contributed by atoms with Crippen LogP contribution in [0.2, 0.25) is 0 Å². The van der Waals surface area contributed by atoms with Crippen LogP contribution in [0.15, 0.2) is 48.5 Å². The van der Waals surface area contributed by atoms with Crippen molar-refractivity contribution in [3.05, 3.63) is 59.9 Å². The number of hydrogen-bond donors (Lipinski definition) is 2. The van der Waals surface area contributed by atoms with Crippen LogP contribution in [0, 0.1) is 5.82 Å². The Labute approximate surface area is 105 Å². The van der Waals surface area contributed by atoms with E-state index in [-0.39, 0.29) is 24.2 Å². The molecular weight excluding hydrogens is 233 g/mol. The summed E-state index contributed by atoms with van der Waals surface area (Å²) in [5.41, 5.74) is 6.72. The fraction of sp³-hybridized carbons (Fsp3) is 0.143. The van der Waals surface area contributed by atoms with Crippen LogP contribution < -0.4 is 10.5 Å². The van der Waals surface area contributed by atoms with E-state index in [1.54, 1.807) is 30.3 Å². The van der Waals surface area contributed by atoms with Crippen LogP contribution in [-0.4, -0.2) is 11.7 Å². The van der Waals surface area contributed by atoms with Crippen molar-refractivity contribution in [2.24, 2.45) is 5.73 Å². The summed E-state index contributed by atoms with van der Waals surface area (Å²) < 4.78 is 18.1. The number of benzene rings is 2. The molecule has 3 N–H and O–H groups in total. The Bertz CT molecular complexity index is 513. The lowest BCUT2D eigenvalue weighted by molar-refractivity contribution is 0.290. The van der Waals surface area contributed by atoms with Crippen molar-refractivity contribution in [3.63, 3.8) is 0 Å². The second kappa shape index (κ2) is 5.51. The van der Waals surface area contributed by atoms with Crippen molar-refractivity contribution < 1.29 is 14.2 Å². The van der Waals surface area contributed by atoms with Gasteiger partial charge in [-0.2, -0.15) is 0 Å². The second-order valence-corrected chi connectivity index (χ2v) is 3.97. The predicted molar refractivity (Wildman–Crippen MR) is 66.9 cm³/mol. The molecule has 0 bridgehead atoms. The monoisotopic (exact) mass is 247 g/mol. The molecule has 0 spiro atoms. The van der Waals surface area contributed by atoms with Gasteiger partial charge in [-0.3, -0.25) is 0 Å². The molecule has 1 atom stereocenters. The highest BCUT2D eigenvalue weighted by molar-refractivity contribution is 5.29. The molecule has 0 aromatic heterocycles. The minimum atomic E-state index is -0.345. The first-order chi connectivity index (χ1) is 8.65. The van der Waals surface area contributed by atoms with Gasteiger partial charge >= 0.3 is 0 Å². The fourth-order valence-corrected chi connectivity index (χ4v) is 1.57. The molecule has 0 amide bonds. The Morgan fingerprint density at radius 2 is 1.89 bits per heavy atom. The molecule has 0 radical (unpaired) electrons. The molecule has 0 saturated carbocycles. The van der Waals surface area contributed by atoms with Gasteiger partial charge in [0.15, 0.2) is 0 Å². The Hall–Kier alpha value is -2.07. The molecular formula is C14H14FNO2. The molecule has 0 aliphatic rings. The maximum absolute atomic E-state index is 12.7. The molecule has 2 rings (SSSR count). The summed E-state index contributed by atoms with van der Waals surface area (Å²) in [4.78, 5) is 0. The van der Waals surface area contributed by atoms with Crippen molar-refractivity contribution >= 4 is 0 Å². The van der Waals surface area contributed by atoms with E-state index in [9.17, 15) is 9.50 Å². The first-order valence-corrected chi connectivity index (χ1v) is 5.58. The van der Waals surface area contributed by atoms with Gasteiger partial charge in [0.2, 0.25) is 0 Å². The highest BCUT2D eigenvalue weighted by atomic mass is 19.1. The smallest absolute Gasteiger partial charge is 0.123 e. The van der Waals surface area contributed by atoms with E-state index in [0.717, 1.165) is 5.56 Å². The van der Waals surface area contributed by atoms with Gasteiger partial charge in [0.25, 0.3) is 0 Å². The Morgan fingerprint density at radius 3 is 2.56 bits per heavy atom. The summed E-state index contributed by atoms with van der Waals surface area (Å²) in [6, 6.07) is 12.1. The first kappa shape index (κ1) is 12.4. The summed E-state index contributed by atoms with van der Waals surface area (Å²) in [6.07, 6.45) is 0. The third-order valence-corrected chi connectivity index (χ3v) is 2.54. The quantitative estimate of drug-likeness (QED) is 0.873. The first-order valence-electron chi connectivity index (χ1n) is 5.58. The van der Waals surface area contributed by atoms with E-state index in [1.807, 2.05) is 6.07 Å². The van der Waals surface area contributed by atoms with Crippen LogP contribution in [0.5, 0.6) is 11.5 Å². The number of ether oxygens (including phenoxy) is 1. The Kier molecular flexibility index (Phi) is 3.79. The molecule has 0 fully saturated rings. The van der Waals surface area contributed by atoms with Crippen LogP contribution in [0.1, 0.15) is 11.6 Å². The van der Waals surface area contributed by atoms with E-state index in [2.05, 4.69) is 0 Å². The van der Waals surface area contributed by atoms with Crippen molar-refractivity contribution in [1.82, 2.24) is 0 Å². The summed E-state index contributed by atoms with van der Waals surface area (Å²) in [7, 11) is 0. The van der Waals surface area contributed by atoms with Gasteiger partial charge in [0.1, 0.15) is 23.9 Å². The SMILES string of the molecule is NC(COc1ccc(F)cc1)c1cccc(O)c1. The molecule has 0 aliphatic carbocycles. The maximum Gasteiger partial charge on any atom is 0.123 e. The third kappa shape index (κ3) is 3.21. The van der Waals surface area contributed by atoms with E-state index < -0.39 is 0 Å². The van der Waals surface area contributed by atoms with Crippen LogP contribution >= 0.6 is 0 Å². The van der Waals surface area contributed by atoms with Gasteiger partial charge < -0.3 is 15.6 Å². The maximum atomic E-state index is 12.7. The Balaban J connectivity index is 1.96. The molecule has 0 heterocycles. The minimum Gasteiger partial charge on any atom is -0.508 e. The molecule has 2 aromatic rings. The summed E-state index contributed by atoms with van der Waals surface area (Å²) in [5.74, 6) is 0.427. The number of nitrogens with two attached hydrogens (primary N) is 1. The van der Waals surface area contributed by atoms with Gasteiger partial charge in [0, 0.05) is 0 Å². The third-order valence-electron chi connectivity index (χ3n) is 2.54. The number of phenolic OH excluding ortho intramolecular Hbond substituents is 1. The van der Waals surface area contributed by atoms with Gasteiger partial charge in [-0.05, 0) is 42.0 Å². The summed E-state index contributed by atoms with van der Waals surface area (Å²) >= 11 is 0. The number of aromatic hydroxyl groups is 1. The molecule has 2 aromatic carbocycles. The van der Waals surface area contributed by atoms with Crippen molar-refractivity contribution in [2.45, 2.75) is 6.04 Å². The summed E-state index contributed by atoms with van der Waals surface area (Å²) in [5, 5.41) is 9.34. The normalized spacial score (nSPS) is 12.1. The molecule has 94 valence electrons. The average Bonchev–Trinajstić information content (AvgIpc) is 2.38. The summed E-state index contributed by atoms with van der Waals surface area (Å²) in [6.45, 7) is 0.259. The zero-order chi connectivity index (χ0) is 13.0. The van der Waals surface area contributed by atoms with Crippen molar-refractivity contribution in [3.8, 4) is 11.5 Å². The molecule has 4 heteroatoms. The van der Waals surface area contributed by atoms with E-state index >= 15 is 0 Å². The molecule has 18 heavy (non-hydrogen) atoms. The second-order valence-electron chi connectivity index (χ2n) is 3.97. The lowest BCUT2D eigenvalue weighted by atomic mass is 10.1.